The molecule has 0 aromatic rings. The maximum Gasteiger partial charge on any atom is 0.309 e. The van der Waals surface area contributed by atoms with E-state index in [4.69, 9.17) is 9.47 Å². The first-order valence-electron chi connectivity index (χ1n) is 8.91. The van der Waals surface area contributed by atoms with Crippen molar-refractivity contribution in [3.63, 3.8) is 0 Å². The van der Waals surface area contributed by atoms with Crippen molar-refractivity contribution < 1.29 is 19.1 Å². The van der Waals surface area contributed by atoms with E-state index < -0.39 is 0 Å². The average Bonchev–Trinajstić information content (AvgIpc) is 2.50. The first-order chi connectivity index (χ1) is 10.5. The van der Waals surface area contributed by atoms with Crippen LogP contribution in [0, 0.1) is 11.8 Å². The number of carbonyl (C=O) groups is 2. The number of hydrogen-bond acceptors (Lipinski definition) is 4. The maximum atomic E-state index is 12.1. The summed E-state index contributed by atoms with van der Waals surface area (Å²) in [4.78, 5) is 24.1. The smallest absolute Gasteiger partial charge is 0.309 e. The lowest BCUT2D eigenvalue weighted by atomic mass is 9.81. The highest BCUT2D eigenvalue weighted by Crippen LogP contribution is 2.31. The van der Waals surface area contributed by atoms with E-state index in [-0.39, 0.29) is 29.9 Å². The van der Waals surface area contributed by atoms with E-state index >= 15 is 0 Å². The number of esters is 2. The molecule has 0 aromatic heterocycles. The number of unbranched alkanes of at least 4 members (excludes halogenated alkanes) is 4. The van der Waals surface area contributed by atoms with Gasteiger partial charge in [0.05, 0.1) is 24.5 Å². The second-order valence-electron chi connectivity index (χ2n) is 6.63. The number of hydrogen-bond donors (Lipinski definition) is 0. The van der Waals surface area contributed by atoms with Gasteiger partial charge in [-0.15, -0.1) is 0 Å². The Labute approximate surface area is 134 Å². The van der Waals surface area contributed by atoms with E-state index in [1.165, 1.54) is 19.3 Å². The Morgan fingerprint density at radius 1 is 1.00 bits per heavy atom. The zero-order valence-electron chi connectivity index (χ0n) is 14.4. The van der Waals surface area contributed by atoms with E-state index in [2.05, 4.69) is 6.92 Å². The summed E-state index contributed by atoms with van der Waals surface area (Å²) in [5.41, 5.74) is 0. The monoisotopic (exact) mass is 312 g/mol. The van der Waals surface area contributed by atoms with Crippen molar-refractivity contribution in [2.45, 2.75) is 84.7 Å². The van der Waals surface area contributed by atoms with E-state index in [0.29, 0.717) is 13.0 Å². The first kappa shape index (κ1) is 19.0. The summed E-state index contributed by atoms with van der Waals surface area (Å²) in [6.45, 7) is 6.40. The van der Waals surface area contributed by atoms with E-state index in [1.54, 1.807) is 0 Å². The number of carbonyl (C=O) groups excluding carboxylic acids is 2. The van der Waals surface area contributed by atoms with Crippen molar-refractivity contribution in [2.24, 2.45) is 11.8 Å². The second-order valence-corrected chi connectivity index (χ2v) is 6.63. The Hall–Kier alpha value is -1.06. The van der Waals surface area contributed by atoms with Crippen LogP contribution < -0.4 is 0 Å². The Bertz CT molecular complexity index is 338. The molecule has 0 amide bonds. The summed E-state index contributed by atoms with van der Waals surface area (Å²) in [5.74, 6) is -0.558. The summed E-state index contributed by atoms with van der Waals surface area (Å²) in [7, 11) is 0. The van der Waals surface area contributed by atoms with Crippen LogP contribution in [0.15, 0.2) is 0 Å². The molecule has 0 bridgehead atoms. The molecule has 0 radical (unpaired) electrons. The van der Waals surface area contributed by atoms with Crippen molar-refractivity contribution in [2.75, 3.05) is 6.61 Å². The lowest BCUT2D eigenvalue weighted by Crippen LogP contribution is -2.30. The Balaban J connectivity index is 2.26. The van der Waals surface area contributed by atoms with E-state index in [0.717, 1.165) is 32.1 Å². The van der Waals surface area contributed by atoms with Gasteiger partial charge >= 0.3 is 11.9 Å². The van der Waals surface area contributed by atoms with Crippen LogP contribution in [-0.4, -0.2) is 24.6 Å². The summed E-state index contributed by atoms with van der Waals surface area (Å²) < 4.78 is 10.6. The van der Waals surface area contributed by atoms with Crippen molar-refractivity contribution >= 4 is 11.9 Å². The number of rotatable bonds is 9. The molecule has 2 unspecified atom stereocenters. The molecule has 1 fully saturated rings. The third-order valence-electron chi connectivity index (χ3n) is 4.18. The third-order valence-corrected chi connectivity index (χ3v) is 4.18. The van der Waals surface area contributed by atoms with Gasteiger partial charge in [0.1, 0.15) is 0 Å². The first-order valence-corrected chi connectivity index (χ1v) is 8.91. The van der Waals surface area contributed by atoms with Crippen LogP contribution in [0.1, 0.15) is 78.6 Å². The van der Waals surface area contributed by atoms with Crippen molar-refractivity contribution in [1.29, 1.82) is 0 Å². The molecule has 0 N–H and O–H groups in total. The molecule has 2 atom stereocenters. The van der Waals surface area contributed by atoms with Gasteiger partial charge in [0.15, 0.2) is 0 Å². The highest BCUT2D eigenvalue weighted by Gasteiger charge is 2.33. The van der Waals surface area contributed by atoms with Crippen LogP contribution in [0.4, 0.5) is 0 Å². The maximum absolute atomic E-state index is 12.1. The second kappa shape index (κ2) is 10.6. The van der Waals surface area contributed by atoms with Gasteiger partial charge in [-0.2, -0.15) is 0 Å². The Morgan fingerprint density at radius 2 is 1.64 bits per heavy atom. The molecule has 0 spiro atoms. The predicted molar refractivity (Wildman–Crippen MR) is 86.4 cm³/mol. The summed E-state index contributed by atoms with van der Waals surface area (Å²) in [6, 6.07) is 0. The summed E-state index contributed by atoms with van der Waals surface area (Å²) >= 11 is 0. The molecular formula is C18H32O4. The van der Waals surface area contributed by atoms with Crippen LogP contribution in [-0.2, 0) is 19.1 Å². The van der Waals surface area contributed by atoms with Crippen LogP contribution >= 0.6 is 0 Å². The van der Waals surface area contributed by atoms with Crippen molar-refractivity contribution in [3.05, 3.63) is 0 Å². The predicted octanol–water partition coefficient (Wildman–Crippen LogP) is 4.26. The molecule has 0 aromatic carbocycles. The fourth-order valence-corrected chi connectivity index (χ4v) is 2.94. The third kappa shape index (κ3) is 7.28. The normalized spacial score (nSPS) is 21.6. The van der Waals surface area contributed by atoms with Crippen molar-refractivity contribution in [3.8, 4) is 0 Å². The van der Waals surface area contributed by atoms with Gasteiger partial charge in [-0.05, 0) is 39.5 Å². The van der Waals surface area contributed by atoms with Gasteiger partial charge < -0.3 is 9.47 Å². The standard InChI is InChI=1S/C18H32O4/c1-4-5-6-7-8-12-21-17(19)15-10-9-11-16(13-15)18(20)22-14(2)3/h14-16H,4-13H2,1-3H3. The molecule has 0 heterocycles. The molecule has 0 saturated heterocycles. The highest BCUT2D eigenvalue weighted by atomic mass is 16.5. The van der Waals surface area contributed by atoms with Gasteiger partial charge in [-0.1, -0.05) is 39.0 Å². The summed E-state index contributed by atoms with van der Waals surface area (Å²) in [5, 5.41) is 0. The summed E-state index contributed by atoms with van der Waals surface area (Å²) in [6.07, 6.45) is 8.78. The quantitative estimate of drug-likeness (QED) is 0.471. The van der Waals surface area contributed by atoms with Gasteiger partial charge in [-0.3, -0.25) is 9.59 Å². The molecule has 1 aliphatic carbocycles. The molecular weight excluding hydrogens is 280 g/mol. The minimum atomic E-state index is -0.160. The lowest BCUT2D eigenvalue weighted by Gasteiger charge is -2.27. The van der Waals surface area contributed by atoms with Gasteiger partial charge in [0.2, 0.25) is 0 Å². The van der Waals surface area contributed by atoms with Crippen LogP contribution in [0.3, 0.4) is 0 Å². The fraction of sp³-hybridized carbons (Fsp3) is 0.889. The minimum absolute atomic E-state index is 0.0945. The average molecular weight is 312 g/mol. The topological polar surface area (TPSA) is 52.6 Å². The molecule has 4 heteroatoms. The van der Waals surface area contributed by atoms with E-state index in [9.17, 15) is 9.59 Å². The van der Waals surface area contributed by atoms with E-state index in [1.807, 2.05) is 13.8 Å². The zero-order valence-corrected chi connectivity index (χ0v) is 14.4. The lowest BCUT2D eigenvalue weighted by molar-refractivity contribution is -0.157. The molecule has 1 rings (SSSR count). The largest absolute Gasteiger partial charge is 0.465 e. The molecule has 0 aliphatic heterocycles. The Kier molecular flexibility index (Phi) is 9.17. The SMILES string of the molecule is CCCCCCCOC(=O)C1CCCC(C(=O)OC(C)C)C1. The molecule has 128 valence electrons. The molecule has 1 aliphatic rings. The molecule has 1 saturated carbocycles. The fourth-order valence-electron chi connectivity index (χ4n) is 2.94. The van der Waals surface area contributed by atoms with Crippen LogP contribution in [0.25, 0.3) is 0 Å². The van der Waals surface area contributed by atoms with Gasteiger partial charge in [0, 0.05) is 0 Å². The van der Waals surface area contributed by atoms with Crippen LogP contribution in [0.5, 0.6) is 0 Å². The van der Waals surface area contributed by atoms with Crippen molar-refractivity contribution in [1.82, 2.24) is 0 Å². The molecule has 22 heavy (non-hydrogen) atoms. The van der Waals surface area contributed by atoms with Gasteiger partial charge in [-0.25, -0.2) is 0 Å². The molecule has 4 nitrogen and oxygen atoms in total. The number of ether oxygens (including phenoxy) is 2. The minimum Gasteiger partial charge on any atom is -0.465 e. The zero-order chi connectivity index (χ0) is 16.4. The van der Waals surface area contributed by atoms with Crippen LogP contribution in [0.2, 0.25) is 0 Å². The van der Waals surface area contributed by atoms with Gasteiger partial charge in [0.25, 0.3) is 0 Å². The highest BCUT2D eigenvalue weighted by molar-refractivity contribution is 5.76. The Morgan fingerprint density at radius 3 is 2.27 bits per heavy atom.